The lowest BCUT2D eigenvalue weighted by molar-refractivity contribution is -0.318. The van der Waals surface area contributed by atoms with Gasteiger partial charge in [-0.25, -0.2) is 0 Å². The van der Waals surface area contributed by atoms with Crippen LogP contribution in [0.5, 0.6) is 11.5 Å². The van der Waals surface area contributed by atoms with Crippen molar-refractivity contribution in [3.05, 3.63) is 23.8 Å². The smallest absolute Gasteiger partial charge is 0.229 e. The molecule has 32 heavy (non-hydrogen) atoms. The second kappa shape index (κ2) is 10.6. The molecule has 10 unspecified atom stereocenters. The third-order valence-corrected chi connectivity index (χ3v) is 5.56. The third-order valence-electron chi connectivity index (χ3n) is 5.56. The Morgan fingerprint density at radius 1 is 0.812 bits per heavy atom. The van der Waals surface area contributed by atoms with Gasteiger partial charge in [-0.15, -0.1) is 0 Å². The molecule has 0 amide bonds. The van der Waals surface area contributed by atoms with Crippen LogP contribution in [0.4, 0.5) is 0 Å². The van der Waals surface area contributed by atoms with Gasteiger partial charge in [0.05, 0.1) is 26.4 Å². The summed E-state index contributed by atoms with van der Waals surface area (Å²) in [7, 11) is 1.39. The molecule has 0 aliphatic carbocycles. The Bertz CT molecular complexity index is 747. The van der Waals surface area contributed by atoms with Crippen molar-refractivity contribution in [3.8, 4) is 11.5 Å². The van der Waals surface area contributed by atoms with E-state index >= 15 is 0 Å². The molecule has 1 aromatic carbocycles. The van der Waals surface area contributed by atoms with E-state index < -0.39 is 68.0 Å². The highest BCUT2D eigenvalue weighted by Crippen LogP contribution is 2.32. The van der Waals surface area contributed by atoms with Crippen LogP contribution in [0, 0.1) is 0 Å². The van der Waals surface area contributed by atoms with Crippen LogP contribution >= 0.6 is 0 Å². The van der Waals surface area contributed by atoms with Gasteiger partial charge in [-0.1, -0.05) is 6.07 Å². The Balaban J connectivity index is 1.68. The quantitative estimate of drug-likeness (QED) is 0.221. The summed E-state index contributed by atoms with van der Waals surface area (Å²) in [6, 6.07) is 4.59. The number of aliphatic hydroxyl groups is 7. The summed E-state index contributed by atoms with van der Waals surface area (Å²) < 4.78 is 27.2. The van der Waals surface area contributed by atoms with Gasteiger partial charge in [0.2, 0.25) is 6.29 Å². The zero-order valence-corrected chi connectivity index (χ0v) is 17.6. The van der Waals surface area contributed by atoms with E-state index in [1.54, 1.807) is 6.07 Å². The molecule has 1 aromatic rings. The molecule has 0 spiro atoms. The summed E-state index contributed by atoms with van der Waals surface area (Å²) in [5, 5.41) is 69.8. The van der Waals surface area contributed by atoms with Crippen LogP contribution in [0.25, 0.3) is 0 Å². The number of benzene rings is 1. The zero-order chi connectivity index (χ0) is 23.6. The third kappa shape index (κ3) is 5.15. The first-order valence-electron chi connectivity index (χ1n) is 10.1. The van der Waals surface area contributed by atoms with Crippen molar-refractivity contribution in [1.29, 1.82) is 0 Å². The second-order valence-electron chi connectivity index (χ2n) is 7.79. The maximum Gasteiger partial charge on any atom is 0.229 e. The van der Waals surface area contributed by atoms with Crippen molar-refractivity contribution in [2.24, 2.45) is 0 Å². The number of ether oxygens (including phenoxy) is 5. The summed E-state index contributed by atoms with van der Waals surface area (Å²) in [6.45, 7) is 0.868. The molecule has 0 bridgehead atoms. The van der Waals surface area contributed by atoms with Gasteiger partial charge < -0.3 is 59.4 Å². The average molecular weight is 462 g/mol. The molecular weight excluding hydrogens is 432 g/mol. The van der Waals surface area contributed by atoms with Crippen molar-refractivity contribution in [1.82, 2.24) is 0 Å². The Labute approximate surface area is 184 Å². The largest absolute Gasteiger partial charge is 0.493 e. The van der Waals surface area contributed by atoms with Gasteiger partial charge >= 0.3 is 0 Å². The predicted molar refractivity (Wildman–Crippen MR) is 105 cm³/mol. The van der Waals surface area contributed by atoms with Crippen molar-refractivity contribution in [3.63, 3.8) is 0 Å². The number of methoxy groups -OCH3 is 1. The van der Waals surface area contributed by atoms with Gasteiger partial charge in [0.1, 0.15) is 42.7 Å². The molecule has 12 heteroatoms. The minimum Gasteiger partial charge on any atom is -0.493 e. The summed E-state index contributed by atoms with van der Waals surface area (Å²) >= 11 is 0. The number of aliphatic hydroxyl groups excluding tert-OH is 7. The number of rotatable bonds is 7. The first-order chi connectivity index (χ1) is 15.2. The fraction of sp³-hybridized carbons (Fsp3) is 0.700. The Kier molecular flexibility index (Phi) is 8.27. The highest BCUT2D eigenvalue weighted by atomic mass is 16.7. The first-order valence-corrected chi connectivity index (χ1v) is 10.1. The fourth-order valence-electron chi connectivity index (χ4n) is 3.53. The molecule has 2 saturated heterocycles. The molecule has 2 heterocycles. The van der Waals surface area contributed by atoms with E-state index in [2.05, 4.69) is 0 Å². The van der Waals surface area contributed by atoms with E-state index in [0.717, 1.165) is 0 Å². The van der Waals surface area contributed by atoms with Crippen LogP contribution in [0.3, 0.4) is 0 Å². The molecule has 2 fully saturated rings. The molecule has 0 saturated carbocycles. The van der Waals surface area contributed by atoms with Gasteiger partial charge in [-0.05, 0) is 24.6 Å². The predicted octanol–water partition coefficient (Wildman–Crippen LogP) is -2.78. The lowest BCUT2D eigenvalue weighted by atomic mass is 9.98. The topological polar surface area (TPSA) is 188 Å². The SMILES string of the molecule is COc1cc(CO)ccc1OC1OC(COC2OC(C)C(O)C(O)C2O)C(O)C(O)C1O. The normalized spacial score (nSPS) is 40.2. The summed E-state index contributed by atoms with van der Waals surface area (Å²) in [6.07, 6.45) is -13.9. The number of hydrogen-bond acceptors (Lipinski definition) is 12. The molecule has 2 aliphatic rings. The van der Waals surface area contributed by atoms with Gasteiger partial charge in [-0.3, -0.25) is 0 Å². The summed E-state index contributed by atoms with van der Waals surface area (Å²) in [5.74, 6) is 0.412. The van der Waals surface area contributed by atoms with Crippen molar-refractivity contribution >= 4 is 0 Å². The minimum atomic E-state index is -1.64. The van der Waals surface area contributed by atoms with Crippen molar-refractivity contribution in [2.45, 2.75) is 74.9 Å². The van der Waals surface area contributed by atoms with Crippen LogP contribution < -0.4 is 9.47 Å². The number of hydrogen-bond donors (Lipinski definition) is 7. The van der Waals surface area contributed by atoms with Crippen LogP contribution in [0.2, 0.25) is 0 Å². The van der Waals surface area contributed by atoms with Crippen molar-refractivity contribution < 1.29 is 59.4 Å². The average Bonchev–Trinajstić information content (AvgIpc) is 2.80. The van der Waals surface area contributed by atoms with E-state index in [4.69, 9.17) is 23.7 Å². The standard InChI is InChI=1S/C20H30O12/c1-8-13(22)15(24)17(26)19(30-8)29-7-12-14(23)16(25)18(27)20(32-12)31-10-4-3-9(6-21)5-11(10)28-2/h3-5,8,12-27H,6-7H2,1-2H3. The zero-order valence-electron chi connectivity index (χ0n) is 17.6. The van der Waals surface area contributed by atoms with Gasteiger partial charge in [-0.2, -0.15) is 0 Å². The van der Waals surface area contributed by atoms with Crippen LogP contribution in [0.1, 0.15) is 12.5 Å². The lowest BCUT2D eigenvalue weighted by Gasteiger charge is -2.42. The maximum atomic E-state index is 10.3. The Morgan fingerprint density at radius 3 is 2.12 bits per heavy atom. The summed E-state index contributed by atoms with van der Waals surface area (Å²) in [5.41, 5.74) is 0.564. The van der Waals surface area contributed by atoms with Gasteiger partial charge in [0, 0.05) is 0 Å². The molecule has 10 atom stereocenters. The molecule has 12 nitrogen and oxygen atoms in total. The molecule has 2 aliphatic heterocycles. The fourth-order valence-corrected chi connectivity index (χ4v) is 3.53. The highest BCUT2D eigenvalue weighted by Gasteiger charge is 2.47. The van der Waals surface area contributed by atoms with Gasteiger partial charge in [0.15, 0.2) is 17.8 Å². The molecule has 3 rings (SSSR count). The van der Waals surface area contributed by atoms with Crippen LogP contribution in [-0.2, 0) is 20.8 Å². The van der Waals surface area contributed by atoms with E-state index in [1.807, 2.05) is 0 Å². The molecular formula is C20H30O12. The molecule has 182 valence electrons. The minimum absolute atomic E-state index is 0.161. The summed E-state index contributed by atoms with van der Waals surface area (Å²) in [4.78, 5) is 0. The van der Waals surface area contributed by atoms with E-state index in [1.165, 1.54) is 26.2 Å². The van der Waals surface area contributed by atoms with E-state index in [-0.39, 0.29) is 18.1 Å². The first kappa shape index (κ1) is 25.1. The molecule has 0 radical (unpaired) electrons. The molecule has 7 N–H and O–H groups in total. The monoisotopic (exact) mass is 462 g/mol. The van der Waals surface area contributed by atoms with Crippen molar-refractivity contribution in [2.75, 3.05) is 13.7 Å². The van der Waals surface area contributed by atoms with Crippen LogP contribution in [-0.4, -0.2) is 111 Å². The van der Waals surface area contributed by atoms with E-state index in [0.29, 0.717) is 5.56 Å². The van der Waals surface area contributed by atoms with Gasteiger partial charge in [0.25, 0.3) is 0 Å². The maximum absolute atomic E-state index is 10.3. The Morgan fingerprint density at radius 2 is 1.47 bits per heavy atom. The lowest BCUT2D eigenvalue weighted by Crippen LogP contribution is -2.61. The van der Waals surface area contributed by atoms with Crippen LogP contribution in [0.15, 0.2) is 18.2 Å². The Hall–Kier alpha value is -1.58. The van der Waals surface area contributed by atoms with E-state index in [9.17, 15) is 35.7 Å². The molecule has 0 aromatic heterocycles. The highest BCUT2D eigenvalue weighted by molar-refractivity contribution is 5.43. The second-order valence-corrected chi connectivity index (χ2v) is 7.79.